The lowest BCUT2D eigenvalue weighted by Crippen LogP contribution is -2.37. The van der Waals surface area contributed by atoms with Gasteiger partial charge in [-0.05, 0) is 6.92 Å². The van der Waals surface area contributed by atoms with Crippen LogP contribution in [0.5, 0.6) is 0 Å². The van der Waals surface area contributed by atoms with Crippen LogP contribution in [-0.2, 0) is 59.8 Å². The second-order valence-corrected chi connectivity index (χ2v) is 19.7. The van der Waals surface area contributed by atoms with Gasteiger partial charge in [-0.1, -0.05) is 6.92 Å². The summed E-state index contributed by atoms with van der Waals surface area (Å²) in [5.41, 5.74) is 11.4. The number of hydrogen-bond acceptors (Lipinski definition) is 24. The Bertz CT molecular complexity index is 2880. The Kier molecular flexibility index (Phi) is 14.0. The van der Waals surface area contributed by atoms with Crippen molar-refractivity contribution in [2.45, 2.75) is 81.7 Å². The number of nitrogens with zero attached hydrogens (tertiary/aromatic N) is 9. The minimum Gasteiger partial charge on any atom is -0.394 e. The number of methoxy groups -OCH3 is 1. The third-order valence-electron chi connectivity index (χ3n) is 11.2. The summed E-state index contributed by atoms with van der Waals surface area (Å²) in [7, 11) is -13.1. The molecule has 34 heteroatoms. The lowest BCUT2D eigenvalue weighted by Gasteiger charge is -2.27. The number of nitrogen functional groups attached to an aromatic ring is 2. The van der Waals surface area contributed by atoms with Crippen LogP contribution in [-0.4, -0.2) is 145 Å². The van der Waals surface area contributed by atoms with Gasteiger partial charge in [0.15, 0.2) is 29.2 Å². The molecule has 3 fully saturated rings. The Morgan fingerprint density at radius 2 is 1.31 bits per heavy atom. The number of aliphatic hydroxyl groups is 1. The molecule has 3 aliphatic heterocycles. The first-order valence-corrected chi connectivity index (χ1v) is 24.4. The molecule has 0 spiro atoms. The van der Waals surface area contributed by atoms with E-state index < -0.39 is 122 Å². The number of fused-ring (bicyclic) bond motifs is 2. The van der Waals surface area contributed by atoms with Crippen LogP contribution < -0.4 is 22.7 Å². The summed E-state index contributed by atoms with van der Waals surface area (Å²) in [6.07, 6.45) is -7.54. The molecule has 8 rings (SSSR count). The predicted octanol–water partition coefficient (Wildman–Crippen LogP) is -0.449. The number of phosphoric ester groups is 3. The molecule has 5 aromatic heterocycles. The van der Waals surface area contributed by atoms with Gasteiger partial charge in [-0.2, -0.15) is 0 Å². The zero-order chi connectivity index (χ0) is 48.2. The van der Waals surface area contributed by atoms with Gasteiger partial charge in [0.1, 0.15) is 78.9 Å². The van der Waals surface area contributed by atoms with Gasteiger partial charge in [0.2, 0.25) is 0 Å². The average molecular weight is 1010 g/mol. The molecule has 0 bridgehead atoms. The summed E-state index contributed by atoms with van der Waals surface area (Å²) in [6, 6.07) is 0. The van der Waals surface area contributed by atoms with Gasteiger partial charge in [-0.15, -0.1) is 0 Å². The average Bonchev–Trinajstić information content (AvgIpc) is 4.11. The normalized spacial score (nSPS) is 30.5. The van der Waals surface area contributed by atoms with Crippen LogP contribution in [0.25, 0.3) is 22.3 Å². The van der Waals surface area contributed by atoms with Crippen LogP contribution in [0.15, 0.2) is 41.1 Å². The highest BCUT2D eigenvalue weighted by atomic mass is 31.2. The van der Waals surface area contributed by atoms with Gasteiger partial charge >= 0.3 is 29.2 Å². The molecule has 8 heterocycles. The first kappa shape index (κ1) is 48.9. The smallest absolute Gasteiger partial charge is 0.394 e. The molecule has 0 radical (unpaired) electrons. The second-order valence-electron chi connectivity index (χ2n) is 15.3. The van der Waals surface area contributed by atoms with Crippen LogP contribution in [0.1, 0.15) is 37.6 Å². The highest BCUT2D eigenvalue weighted by Gasteiger charge is 2.53. The maximum atomic E-state index is 14.0. The van der Waals surface area contributed by atoms with Crippen molar-refractivity contribution in [2.75, 3.05) is 45.5 Å². The van der Waals surface area contributed by atoms with E-state index in [1.54, 1.807) is 6.92 Å². The number of H-pyrrole nitrogens is 1. The molecule has 0 aliphatic carbocycles. The second kappa shape index (κ2) is 19.1. The van der Waals surface area contributed by atoms with E-state index in [-0.39, 0.29) is 45.9 Å². The molecule has 0 amide bonds. The number of aromatic nitrogens is 10. The van der Waals surface area contributed by atoms with E-state index in [9.17, 15) is 43.1 Å². The minimum atomic E-state index is -5.32. The van der Waals surface area contributed by atoms with Gasteiger partial charge in [0.05, 0.1) is 32.5 Å². The number of anilines is 2. The number of aliphatic hydroxyl groups excluding tert-OH is 1. The van der Waals surface area contributed by atoms with Crippen LogP contribution in [0.3, 0.4) is 0 Å². The summed E-state index contributed by atoms with van der Waals surface area (Å²) in [5.74, 6) is -0.877. The molecular formula is C33H45N12O19P3. The van der Waals surface area contributed by atoms with E-state index in [1.807, 2.05) is 0 Å². The number of nitrogens with one attached hydrogen (secondary N) is 1. The molecule has 0 aromatic carbocycles. The zero-order valence-corrected chi connectivity index (χ0v) is 38.2. The molecule has 3 unspecified atom stereocenters. The van der Waals surface area contributed by atoms with Crippen LogP contribution in [0, 0.1) is 12.8 Å². The summed E-state index contributed by atoms with van der Waals surface area (Å²) >= 11 is 0. The van der Waals surface area contributed by atoms with Crippen molar-refractivity contribution in [1.82, 2.24) is 48.6 Å². The van der Waals surface area contributed by atoms with Gasteiger partial charge < -0.3 is 50.2 Å². The maximum absolute atomic E-state index is 14.0. The number of aryl methyl sites for hydroxylation is 1. The summed E-state index contributed by atoms with van der Waals surface area (Å²) < 4.78 is 99.8. The first-order chi connectivity index (χ1) is 31.7. The van der Waals surface area contributed by atoms with Crippen molar-refractivity contribution in [2.24, 2.45) is 5.92 Å². The Hall–Kier alpha value is -4.49. The van der Waals surface area contributed by atoms with E-state index in [0.29, 0.717) is 0 Å². The van der Waals surface area contributed by atoms with Gasteiger partial charge in [0, 0.05) is 38.3 Å². The number of imidazole rings is 2. The zero-order valence-electron chi connectivity index (χ0n) is 35.5. The van der Waals surface area contributed by atoms with Crippen LogP contribution in [0.2, 0.25) is 0 Å². The highest BCUT2D eigenvalue weighted by Crippen LogP contribution is 2.55. The summed E-state index contributed by atoms with van der Waals surface area (Å²) in [4.78, 5) is 84.1. The van der Waals surface area contributed by atoms with Crippen LogP contribution in [0.4, 0.5) is 11.6 Å². The quantitative estimate of drug-likeness (QED) is 0.0547. The fourth-order valence-corrected chi connectivity index (χ4v) is 10.6. The Balaban J connectivity index is 1.04. The van der Waals surface area contributed by atoms with E-state index in [2.05, 4.69) is 39.4 Å². The molecule has 3 saturated heterocycles. The Morgan fingerprint density at radius 1 is 0.746 bits per heavy atom. The summed E-state index contributed by atoms with van der Waals surface area (Å²) in [6.45, 7) is 0.655. The third-order valence-corrected chi connectivity index (χ3v) is 14.1. The predicted molar refractivity (Wildman–Crippen MR) is 222 cm³/mol. The SMILES string of the molecule is CO[C@@H]1[C@H](OP(=O)(O)OC[C@H]2O[C@@H](n3cnc4c(N)ncnc43)[C@H](C)[C@@H]2OP(=O)(O)O[C@H]2C[C@H](n3cc(C)c(=O)[nH]c3=O)O[C@@H]2CO)[C@@H](COP(=O)(O)OC)O[C@H]1n1cnc2c(N)ncnc21. The van der Waals surface area contributed by atoms with Crippen molar-refractivity contribution >= 4 is 57.4 Å². The maximum Gasteiger partial charge on any atom is 0.472 e. The molecule has 14 atom stereocenters. The first-order valence-electron chi connectivity index (χ1n) is 19.9. The number of hydrogen-bond donors (Lipinski definition) is 7. The highest BCUT2D eigenvalue weighted by molar-refractivity contribution is 7.48. The van der Waals surface area contributed by atoms with E-state index >= 15 is 0 Å². The van der Waals surface area contributed by atoms with E-state index in [0.717, 1.165) is 18.0 Å². The number of aromatic amines is 1. The third kappa shape index (κ3) is 10.0. The fourth-order valence-electron chi connectivity index (χ4n) is 7.92. The van der Waals surface area contributed by atoms with Crippen molar-refractivity contribution in [3.05, 3.63) is 57.9 Å². The van der Waals surface area contributed by atoms with Gasteiger partial charge in [-0.3, -0.25) is 50.6 Å². The lowest BCUT2D eigenvalue weighted by molar-refractivity contribution is -0.0602. The molecular weight excluding hydrogens is 961 g/mol. The number of phosphoric acid groups is 3. The van der Waals surface area contributed by atoms with Crippen molar-refractivity contribution < 1.29 is 79.6 Å². The molecule has 5 aromatic rings. The largest absolute Gasteiger partial charge is 0.472 e. The van der Waals surface area contributed by atoms with Crippen molar-refractivity contribution in [3.63, 3.8) is 0 Å². The summed E-state index contributed by atoms with van der Waals surface area (Å²) in [5, 5.41) is 10.1. The van der Waals surface area contributed by atoms with Crippen LogP contribution >= 0.6 is 23.5 Å². The number of ether oxygens (including phenoxy) is 4. The molecule has 31 nitrogen and oxygen atoms in total. The molecule has 9 N–H and O–H groups in total. The minimum absolute atomic E-state index is 0.0277. The molecule has 0 saturated carbocycles. The Labute approximate surface area is 376 Å². The number of nitrogens with two attached hydrogens (primary N) is 2. The van der Waals surface area contributed by atoms with E-state index in [1.165, 1.54) is 48.3 Å². The van der Waals surface area contributed by atoms with Crippen molar-refractivity contribution in [1.29, 1.82) is 0 Å². The fraction of sp³-hybridized carbons (Fsp3) is 0.576. The van der Waals surface area contributed by atoms with Gasteiger partial charge in [0.25, 0.3) is 5.56 Å². The van der Waals surface area contributed by atoms with E-state index in [4.69, 9.17) is 53.0 Å². The monoisotopic (exact) mass is 1010 g/mol. The number of rotatable bonds is 18. The molecule has 3 aliphatic rings. The lowest BCUT2D eigenvalue weighted by atomic mass is 10.0. The van der Waals surface area contributed by atoms with Gasteiger partial charge in [-0.25, -0.2) is 48.4 Å². The van der Waals surface area contributed by atoms with Crippen molar-refractivity contribution in [3.8, 4) is 0 Å². The molecule has 67 heavy (non-hydrogen) atoms. The standard InChI is InChI=1S/C33H45N12O19P3/c1-14-6-43(33(48)42-30(14)47)20-5-16(17(7-46)59-20)62-67(53,54)63-23-15(2)31(44-12-40-21-26(34)36-10-38-28(21)44)60-18(23)8-58-66(51,52)64-24-19(9-57-65(49,50)56-4)61-32(25(24)55-3)45-13-41-22-27(35)37-11-39-29(22)45/h6,10-13,15-20,23-25,31-32,46H,5,7-9H2,1-4H3,(H,49,50)(H,51,52)(H,53,54)(H2,34,36,38)(H2,35,37,39)(H,42,47,48)/t15-,16+,17-,18-,19-,20-,23+,24-,25-,31-,32-/m1/s1. The Morgan fingerprint density at radius 3 is 1.91 bits per heavy atom. The molecule has 366 valence electrons. The topological polar surface area (TPSA) is 419 Å².